The Labute approximate surface area is 167 Å². The van der Waals surface area contributed by atoms with Crippen LogP contribution in [0.15, 0.2) is 28.3 Å². The van der Waals surface area contributed by atoms with Crippen LogP contribution in [-0.4, -0.2) is 41.8 Å². The van der Waals surface area contributed by atoms with E-state index in [0.717, 1.165) is 0 Å². The lowest BCUT2D eigenvalue weighted by Gasteiger charge is -2.11. The van der Waals surface area contributed by atoms with E-state index in [1.54, 1.807) is 30.1 Å². The number of nitrogens with one attached hydrogen (secondary N) is 2. The maximum atomic E-state index is 12.3. The van der Waals surface area contributed by atoms with Crippen molar-refractivity contribution in [1.29, 1.82) is 0 Å². The summed E-state index contributed by atoms with van der Waals surface area (Å²) in [6, 6.07) is 0. The van der Waals surface area contributed by atoms with Gasteiger partial charge in [-0.3, -0.25) is 9.59 Å². The summed E-state index contributed by atoms with van der Waals surface area (Å²) in [6.07, 6.45) is 3.34. The molecule has 2 amide bonds. The van der Waals surface area contributed by atoms with E-state index in [4.69, 9.17) is 0 Å². The highest BCUT2D eigenvalue weighted by atomic mass is 32.2. The Morgan fingerprint density at radius 2 is 1.81 bits per heavy atom. The Balaban J connectivity index is 1.62. The van der Waals surface area contributed by atoms with E-state index in [1.165, 1.54) is 34.4 Å². The Morgan fingerprint density at radius 1 is 1.15 bits per heavy atom. The third-order valence-corrected chi connectivity index (χ3v) is 5.88. The molecule has 27 heavy (non-hydrogen) atoms. The van der Waals surface area contributed by atoms with Crippen LogP contribution in [0.4, 0.5) is 10.3 Å². The second-order valence-electron chi connectivity index (χ2n) is 5.29. The van der Waals surface area contributed by atoms with E-state index >= 15 is 0 Å². The summed E-state index contributed by atoms with van der Waals surface area (Å²) in [5.41, 5.74) is 0. The zero-order valence-corrected chi connectivity index (χ0v) is 17.0. The second kappa shape index (κ2) is 9.06. The zero-order valence-electron chi connectivity index (χ0n) is 14.6. The molecule has 3 aromatic heterocycles. The molecule has 0 aliphatic rings. The predicted octanol–water partition coefficient (Wildman–Crippen LogP) is 2.51. The average Bonchev–Trinajstić information content (AvgIpc) is 3.38. The number of carbonyl (C=O) groups excluding carboxylic acids is 2. The molecule has 0 fully saturated rings. The van der Waals surface area contributed by atoms with Crippen LogP contribution in [0.5, 0.6) is 0 Å². The molecular formula is C15H17N7O2S3. The van der Waals surface area contributed by atoms with E-state index in [-0.39, 0.29) is 23.5 Å². The fraction of sp³-hybridized carbons (Fsp3) is 0.333. The number of hydrogen-bond donors (Lipinski definition) is 2. The van der Waals surface area contributed by atoms with Gasteiger partial charge < -0.3 is 15.2 Å². The number of thioether (sulfide) groups is 1. The molecule has 3 heterocycles. The summed E-state index contributed by atoms with van der Waals surface area (Å²) in [6.45, 7) is 4.32. The number of carbonyl (C=O) groups is 2. The highest BCUT2D eigenvalue weighted by molar-refractivity contribution is 8.00. The van der Waals surface area contributed by atoms with Gasteiger partial charge in [-0.1, -0.05) is 11.8 Å². The molecule has 0 saturated heterocycles. The maximum absolute atomic E-state index is 12.3. The molecule has 12 heteroatoms. The zero-order chi connectivity index (χ0) is 19.2. The van der Waals surface area contributed by atoms with E-state index in [0.29, 0.717) is 27.8 Å². The predicted molar refractivity (Wildman–Crippen MR) is 106 cm³/mol. The number of nitrogens with zero attached hydrogens (tertiary/aromatic N) is 5. The van der Waals surface area contributed by atoms with Crippen LogP contribution in [0.1, 0.15) is 19.7 Å². The maximum Gasteiger partial charge on any atom is 0.239 e. The number of thiazole rings is 2. The van der Waals surface area contributed by atoms with Gasteiger partial charge >= 0.3 is 0 Å². The normalized spacial score (nSPS) is 11.9. The van der Waals surface area contributed by atoms with Gasteiger partial charge in [0, 0.05) is 29.7 Å². The van der Waals surface area contributed by atoms with Crippen LogP contribution in [0.25, 0.3) is 0 Å². The largest absolute Gasteiger partial charge is 0.306 e. The fourth-order valence-corrected chi connectivity index (χ4v) is 4.16. The van der Waals surface area contributed by atoms with Gasteiger partial charge in [0.2, 0.25) is 11.8 Å². The Kier molecular flexibility index (Phi) is 6.53. The molecule has 0 saturated carbocycles. The second-order valence-corrected chi connectivity index (χ2v) is 8.39. The van der Waals surface area contributed by atoms with Crippen molar-refractivity contribution in [3.05, 3.63) is 29.0 Å². The number of amides is 2. The summed E-state index contributed by atoms with van der Waals surface area (Å²) in [5.74, 6) is 0.170. The number of hydrogen-bond acceptors (Lipinski definition) is 9. The first-order chi connectivity index (χ1) is 13.1. The minimum absolute atomic E-state index is 0.0840. The van der Waals surface area contributed by atoms with Gasteiger partial charge in [0.1, 0.15) is 5.82 Å². The quantitative estimate of drug-likeness (QED) is 0.535. The summed E-state index contributed by atoms with van der Waals surface area (Å²) < 4.78 is 1.83. The first-order valence-electron chi connectivity index (χ1n) is 8.05. The van der Waals surface area contributed by atoms with Crippen molar-refractivity contribution in [3.63, 3.8) is 0 Å². The lowest BCUT2D eigenvalue weighted by molar-refractivity contribution is -0.116. The number of anilines is 2. The Hall–Kier alpha value is -2.31. The molecule has 3 rings (SSSR count). The van der Waals surface area contributed by atoms with Crippen molar-refractivity contribution in [2.45, 2.75) is 37.2 Å². The van der Waals surface area contributed by atoms with Crippen LogP contribution < -0.4 is 10.6 Å². The van der Waals surface area contributed by atoms with Crippen molar-refractivity contribution >= 4 is 56.5 Å². The lowest BCUT2D eigenvalue weighted by Crippen LogP contribution is -2.23. The molecule has 0 bridgehead atoms. The minimum Gasteiger partial charge on any atom is -0.306 e. The van der Waals surface area contributed by atoms with Crippen LogP contribution >= 0.6 is 34.4 Å². The van der Waals surface area contributed by atoms with Gasteiger partial charge in [-0.15, -0.1) is 32.9 Å². The van der Waals surface area contributed by atoms with Crippen LogP contribution in [0.2, 0.25) is 0 Å². The molecule has 1 atom stereocenters. The van der Waals surface area contributed by atoms with Crippen molar-refractivity contribution < 1.29 is 9.59 Å². The highest BCUT2D eigenvalue weighted by Gasteiger charge is 2.21. The summed E-state index contributed by atoms with van der Waals surface area (Å²) in [7, 11) is 0. The Bertz CT molecular complexity index is 893. The summed E-state index contributed by atoms with van der Waals surface area (Å²) in [4.78, 5) is 32.5. The average molecular weight is 424 g/mol. The molecule has 3 aromatic rings. The SMILES string of the molecule is CCn1c(CC(=O)Nc2nccs2)nnc1S[C@H](C)C(=O)Nc1nccs1. The molecule has 0 unspecified atom stereocenters. The van der Waals surface area contributed by atoms with Crippen LogP contribution in [0.3, 0.4) is 0 Å². The number of rotatable bonds is 8. The first kappa shape index (κ1) is 19.5. The molecule has 0 spiro atoms. The summed E-state index contributed by atoms with van der Waals surface area (Å²) in [5, 5.41) is 18.6. The van der Waals surface area contributed by atoms with Crippen molar-refractivity contribution in [1.82, 2.24) is 24.7 Å². The molecule has 0 aliphatic heterocycles. The Morgan fingerprint density at radius 3 is 2.41 bits per heavy atom. The summed E-state index contributed by atoms with van der Waals surface area (Å²) >= 11 is 4.00. The standard InChI is InChI=1S/C15H17N7O2S3/c1-3-22-10(8-11(23)18-13-16-4-6-25-13)20-21-15(22)27-9(2)12(24)19-14-17-5-7-26-14/h4-7,9H,3,8H2,1-2H3,(H,16,18,23)(H,17,19,24)/t9-/m1/s1. The van der Waals surface area contributed by atoms with Gasteiger partial charge in [-0.25, -0.2) is 9.97 Å². The van der Waals surface area contributed by atoms with Crippen molar-refractivity contribution in [3.8, 4) is 0 Å². The highest BCUT2D eigenvalue weighted by Crippen LogP contribution is 2.24. The van der Waals surface area contributed by atoms with Gasteiger partial charge in [-0.2, -0.15) is 0 Å². The molecular weight excluding hydrogens is 406 g/mol. The number of aromatic nitrogens is 5. The first-order valence-corrected chi connectivity index (χ1v) is 10.7. The molecule has 0 radical (unpaired) electrons. The van der Waals surface area contributed by atoms with E-state index < -0.39 is 0 Å². The third kappa shape index (κ3) is 5.11. The van der Waals surface area contributed by atoms with Crippen LogP contribution in [0, 0.1) is 0 Å². The third-order valence-electron chi connectivity index (χ3n) is 3.42. The minimum atomic E-state index is -0.389. The lowest BCUT2D eigenvalue weighted by atomic mass is 10.4. The van der Waals surface area contributed by atoms with E-state index in [2.05, 4.69) is 30.8 Å². The van der Waals surface area contributed by atoms with E-state index in [9.17, 15) is 9.59 Å². The molecule has 142 valence electrons. The fourth-order valence-electron chi connectivity index (χ4n) is 2.15. The smallest absolute Gasteiger partial charge is 0.239 e. The van der Waals surface area contributed by atoms with Crippen molar-refractivity contribution in [2.75, 3.05) is 10.6 Å². The molecule has 2 N–H and O–H groups in total. The van der Waals surface area contributed by atoms with Crippen LogP contribution in [-0.2, 0) is 22.6 Å². The van der Waals surface area contributed by atoms with Gasteiger partial charge in [0.15, 0.2) is 15.4 Å². The van der Waals surface area contributed by atoms with Gasteiger partial charge in [0.05, 0.1) is 11.7 Å². The molecule has 0 aliphatic carbocycles. The molecule has 9 nitrogen and oxygen atoms in total. The van der Waals surface area contributed by atoms with Gasteiger partial charge in [0.25, 0.3) is 0 Å². The van der Waals surface area contributed by atoms with Crippen molar-refractivity contribution in [2.24, 2.45) is 0 Å². The monoisotopic (exact) mass is 423 g/mol. The van der Waals surface area contributed by atoms with E-state index in [1.807, 2.05) is 11.5 Å². The topological polar surface area (TPSA) is 115 Å². The van der Waals surface area contributed by atoms with Gasteiger partial charge in [-0.05, 0) is 13.8 Å². The molecule has 0 aromatic carbocycles.